The van der Waals surface area contributed by atoms with Gasteiger partial charge in [0.25, 0.3) is 0 Å². The number of thioether (sulfide) groups is 1. The Kier molecular flexibility index (Phi) is 7.47. The van der Waals surface area contributed by atoms with Gasteiger partial charge in [-0.2, -0.15) is 0 Å². The maximum absolute atomic E-state index is 13.0. The van der Waals surface area contributed by atoms with Gasteiger partial charge in [-0.3, -0.25) is 4.90 Å². The zero-order valence-corrected chi connectivity index (χ0v) is 23.5. The number of hydrogen-bond acceptors (Lipinski definition) is 6. The molecule has 9 nitrogen and oxygen atoms in total. The standard InChI is InChI=1S/C29H32N6O3S/c1-6-33-23-14-13-21(27(36)38-8-3)15-22(23)31-29(33)39-17-24-32-26-25(34(24)7-2)19(5)30-28(37)35(26)16-20-11-9-18(4)10-12-20/h9-15H,5-8,16-17H2,1-4H3,(H,30,37). The molecule has 0 atom stereocenters. The van der Waals surface area contributed by atoms with Crippen molar-refractivity contribution in [3.63, 3.8) is 0 Å². The number of nitrogens with zero attached hydrogens (tertiary/aromatic N) is 5. The first-order chi connectivity index (χ1) is 18.8. The molecule has 0 spiro atoms. The molecule has 4 aromatic rings. The molecule has 0 aliphatic carbocycles. The van der Waals surface area contributed by atoms with Gasteiger partial charge in [0.2, 0.25) is 0 Å². The van der Waals surface area contributed by atoms with Gasteiger partial charge in [-0.1, -0.05) is 48.2 Å². The molecule has 2 aromatic heterocycles. The van der Waals surface area contributed by atoms with E-state index in [9.17, 15) is 9.59 Å². The van der Waals surface area contributed by atoms with Gasteiger partial charge in [-0.05, 0) is 51.5 Å². The molecule has 39 heavy (non-hydrogen) atoms. The van der Waals surface area contributed by atoms with E-state index in [1.807, 2.05) is 37.3 Å². The smallest absolute Gasteiger partial charge is 0.338 e. The lowest BCUT2D eigenvalue weighted by molar-refractivity contribution is 0.0526. The Balaban J connectivity index is 1.45. The van der Waals surface area contributed by atoms with Crippen molar-refractivity contribution in [3.8, 4) is 0 Å². The summed E-state index contributed by atoms with van der Waals surface area (Å²) < 4.78 is 9.38. The second-order valence-electron chi connectivity index (χ2n) is 9.28. The predicted octanol–water partition coefficient (Wildman–Crippen LogP) is 5.75. The molecule has 2 amide bonds. The van der Waals surface area contributed by atoms with Gasteiger partial charge in [0.05, 0.1) is 41.2 Å². The van der Waals surface area contributed by atoms with Gasteiger partial charge in [0.1, 0.15) is 11.5 Å². The number of anilines is 1. The third-order valence-corrected chi connectivity index (χ3v) is 7.69. The molecule has 0 radical (unpaired) electrons. The number of carbonyl (C=O) groups excluding carboxylic acids is 2. The maximum Gasteiger partial charge on any atom is 0.338 e. The predicted molar refractivity (Wildman–Crippen MR) is 154 cm³/mol. The summed E-state index contributed by atoms with van der Waals surface area (Å²) in [6, 6.07) is 13.4. The number of esters is 1. The van der Waals surface area contributed by atoms with Crippen molar-refractivity contribution in [2.45, 2.75) is 58.2 Å². The lowest BCUT2D eigenvalue weighted by Gasteiger charge is -2.28. The molecule has 10 heteroatoms. The van der Waals surface area contributed by atoms with E-state index in [1.54, 1.807) is 35.7 Å². The summed E-state index contributed by atoms with van der Waals surface area (Å²) in [7, 11) is 0. The molecule has 5 rings (SSSR count). The largest absolute Gasteiger partial charge is 0.462 e. The molecule has 0 fully saturated rings. The van der Waals surface area contributed by atoms with Crippen molar-refractivity contribution in [2.24, 2.45) is 0 Å². The fraction of sp³-hybridized carbons (Fsp3) is 0.310. The number of aryl methyl sites for hydroxylation is 2. The van der Waals surface area contributed by atoms with Gasteiger partial charge in [0.15, 0.2) is 11.0 Å². The Morgan fingerprint density at radius 2 is 1.79 bits per heavy atom. The quantitative estimate of drug-likeness (QED) is 0.213. The highest BCUT2D eigenvalue weighted by atomic mass is 32.2. The number of imidazole rings is 2. The third-order valence-electron chi connectivity index (χ3n) is 6.72. The van der Waals surface area contributed by atoms with Crippen molar-refractivity contribution < 1.29 is 14.3 Å². The van der Waals surface area contributed by atoms with E-state index in [-0.39, 0.29) is 12.0 Å². The summed E-state index contributed by atoms with van der Waals surface area (Å²) in [4.78, 5) is 36.7. The highest BCUT2D eigenvalue weighted by Crippen LogP contribution is 2.34. The van der Waals surface area contributed by atoms with E-state index >= 15 is 0 Å². The van der Waals surface area contributed by atoms with E-state index in [0.29, 0.717) is 42.5 Å². The van der Waals surface area contributed by atoms with Crippen LogP contribution in [0.3, 0.4) is 0 Å². The normalized spacial score (nSPS) is 13.1. The van der Waals surface area contributed by atoms with E-state index < -0.39 is 0 Å². The van der Waals surface area contributed by atoms with Crippen LogP contribution in [0.15, 0.2) is 54.2 Å². The summed E-state index contributed by atoms with van der Waals surface area (Å²) in [5.41, 5.74) is 5.75. The molecule has 0 bridgehead atoms. The Bertz CT molecular complexity index is 1570. The first-order valence-corrected chi connectivity index (χ1v) is 14.1. The Morgan fingerprint density at radius 1 is 1.05 bits per heavy atom. The summed E-state index contributed by atoms with van der Waals surface area (Å²) >= 11 is 1.58. The number of aromatic nitrogens is 4. The van der Waals surface area contributed by atoms with Gasteiger partial charge in [-0.25, -0.2) is 19.6 Å². The molecular formula is C29H32N6O3S. The molecule has 0 saturated carbocycles. The number of hydrogen-bond donors (Lipinski definition) is 1. The average molecular weight is 545 g/mol. The van der Waals surface area contributed by atoms with E-state index in [0.717, 1.165) is 39.8 Å². The Labute approximate surface area is 231 Å². The van der Waals surface area contributed by atoms with Crippen molar-refractivity contribution >= 4 is 46.3 Å². The monoisotopic (exact) mass is 544 g/mol. The number of urea groups is 1. The number of carbonyl (C=O) groups is 2. The minimum atomic E-state index is -0.353. The van der Waals surface area contributed by atoms with Crippen LogP contribution in [0, 0.1) is 6.92 Å². The minimum Gasteiger partial charge on any atom is -0.462 e. The maximum atomic E-state index is 13.0. The van der Waals surface area contributed by atoms with Crippen molar-refractivity contribution in [1.82, 2.24) is 24.4 Å². The van der Waals surface area contributed by atoms with Crippen molar-refractivity contribution in [1.29, 1.82) is 0 Å². The van der Waals surface area contributed by atoms with E-state index in [2.05, 4.69) is 34.9 Å². The molecule has 2 aromatic carbocycles. The van der Waals surface area contributed by atoms with Gasteiger partial charge < -0.3 is 19.2 Å². The van der Waals surface area contributed by atoms with Gasteiger partial charge >= 0.3 is 12.0 Å². The van der Waals surface area contributed by atoms with Gasteiger partial charge in [0, 0.05) is 13.1 Å². The Morgan fingerprint density at radius 3 is 2.49 bits per heavy atom. The highest BCUT2D eigenvalue weighted by molar-refractivity contribution is 7.98. The van der Waals surface area contributed by atoms with Crippen LogP contribution >= 0.6 is 11.8 Å². The van der Waals surface area contributed by atoms with Crippen LogP contribution in [0.1, 0.15) is 53.8 Å². The fourth-order valence-electron chi connectivity index (χ4n) is 4.79. The van der Waals surface area contributed by atoms with Crippen LogP contribution in [-0.4, -0.2) is 37.7 Å². The van der Waals surface area contributed by atoms with Crippen LogP contribution in [0.5, 0.6) is 0 Å². The van der Waals surface area contributed by atoms with Crippen LogP contribution in [-0.2, 0) is 30.1 Å². The molecule has 3 heterocycles. The number of amides is 2. The second-order valence-corrected chi connectivity index (χ2v) is 10.2. The summed E-state index contributed by atoms with van der Waals surface area (Å²) in [5.74, 6) is 1.65. The molecule has 202 valence electrons. The molecule has 0 unspecified atom stereocenters. The lowest BCUT2D eigenvalue weighted by atomic mass is 10.1. The highest BCUT2D eigenvalue weighted by Gasteiger charge is 2.32. The number of rotatable bonds is 9. The van der Waals surface area contributed by atoms with Crippen LogP contribution < -0.4 is 10.2 Å². The van der Waals surface area contributed by atoms with Crippen molar-refractivity contribution in [2.75, 3.05) is 11.5 Å². The van der Waals surface area contributed by atoms with Crippen LogP contribution in [0.4, 0.5) is 10.6 Å². The van der Waals surface area contributed by atoms with Crippen molar-refractivity contribution in [3.05, 3.63) is 77.3 Å². The van der Waals surface area contributed by atoms with E-state index in [1.165, 1.54) is 5.56 Å². The van der Waals surface area contributed by atoms with Crippen LogP contribution in [0.2, 0.25) is 0 Å². The molecule has 1 aliphatic heterocycles. The first-order valence-electron chi connectivity index (χ1n) is 13.1. The second kappa shape index (κ2) is 11.0. The Hall–Kier alpha value is -4.05. The summed E-state index contributed by atoms with van der Waals surface area (Å²) in [6.45, 7) is 14.2. The number of ether oxygens (including phenoxy) is 1. The van der Waals surface area contributed by atoms with E-state index in [4.69, 9.17) is 14.7 Å². The molecule has 1 N–H and O–H groups in total. The van der Waals surface area contributed by atoms with Gasteiger partial charge in [-0.15, -0.1) is 0 Å². The lowest BCUT2D eigenvalue weighted by Crippen LogP contribution is -2.43. The number of fused-ring (bicyclic) bond motifs is 2. The number of benzene rings is 2. The topological polar surface area (TPSA) is 94.3 Å². The molecule has 0 saturated heterocycles. The number of nitrogens with one attached hydrogen (secondary N) is 1. The SMILES string of the molecule is C=C1NC(=O)N(Cc2ccc(C)cc2)c2nc(CSc3nc4cc(C(=O)OCC)ccc4n3CC)n(CC)c21. The molecule has 1 aliphatic rings. The third kappa shape index (κ3) is 5.04. The van der Waals surface area contributed by atoms with Crippen LogP contribution in [0.25, 0.3) is 16.7 Å². The molecular weight excluding hydrogens is 512 g/mol. The summed E-state index contributed by atoms with van der Waals surface area (Å²) in [6.07, 6.45) is 0. The zero-order chi connectivity index (χ0) is 27.7. The first kappa shape index (κ1) is 26.6. The average Bonchev–Trinajstić information content (AvgIpc) is 3.48. The zero-order valence-electron chi connectivity index (χ0n) is 22.7. The minimum absolute atomic E-state index is 0.238. The summed E-state index contributed by atoms with van der Waals surface area (Å²) in [5, 5.41) is 3.74. The fourth-order valence-corrected chi connectivity index (χ4v) is 5.82.